The van der Waals surface area contributed by atoms with Crippen LogP contribution in [0.25, 0.3) is 10.8 Å². The van der Waals surface area contributed by atoms with Crippen molar-refractivity contribution in [3.8, 4) is 5.75 Å². The molecule has 0 amide bonds. The smallest absolute Gasteiger partial charge is 0.317 e. The van der Waals surface area contributed by atoms with Crippen LogP contribution in [0.1, 0.15) is 31.2 Å². The number of methoxy groups -OCH3 is 1. The zero-order valence-corrected chi connectivity index (χ0v) is 13.5. The van der Waals surface area contributed by atoms with Crippen molar-refractivity contribution in [2.45, 2.75) is 38.3 Å². The highest BCUT2D eigenvalue weighted by atomic mass is 16.5. The number of hydrogen-bond donors (Lipinski definition) is 1. The van der Waals surface area contributed by atoms with Crippen LogP contribution in [0.2, 0.25) is 0 Å². The van der Waals surface area contributed by atoms with Crippen molar-refractivity contribution in [1.82, 2.24) is 4.90 Å². The minimum atomic E-state index is -0.767. The SMILES string of the molecule is COc1ccc2ccccc2c1CN(CC(=O)O)C1CCCC1. The van der Waals surface area contributed by atoms with E-state index in [2.05, 4.69) is 23.1 Å². The quantitative estimate of drug-likeness (QED) is 0.884. The molecule has 0 unspecified atom stereocenters. The zero-order valence-electron chi connectivity index (χ0n) is 13.5. The molecular formula is C19H23NO3. The number of ether oxygens (including phenoxy) is 1. The van der Waals surface area contributed by atoms with Crippen molar-refractivity contribution >= 4 is 16.7 Å². The molecule has 0 aromatic heterocycles. The van der Waals surface area contributed by atoms with E-state index < -0.39 is 5.97 Å². The molecule has 0 atom stereocenters. The summed E-state index contributed by atoms with van der Waals surface area (Å²) in [6.07, 6.45) is 4.54. The lowest BCUT2D eigenvalue weighted by atomic mass is 10.0. The Morgan fingerprint density at radius 2 is 1.96 bits per heavy atom. The molecule has 1 N–H and O–H groups in total. The molecule has 1 aliphatic rings. The minimum Gasteiger partial charge on any atom is -0.496 e. The van der Waals surface area contributed by atoms with Gasteiger partial charge in [-0.15, -0.1) is 0 Å². The number of carboxylic acids is 1. The summed E-state index contributed by atoms with van der Waals surface area (Å²) < 4.78 is 5.55. The van der Waals surface area contributed by atoms with Crippen molar-refractivity contribution in [1.29, 1.82) is 0 Å². The normalized spacial score (nSPS) is 15.4. The van der Waals surface area contributed by atoms with Gasteiger partial charge in [-0.25, -0.2) is 0 Å². The molecular weight excluding hydrogens is 290 g/mol. The molecule has 2 aromatic carbocycles. The van der Waals surface area contributed by atoms with Gasteiger partial charge in [0.2, 0.25) is 0 Å². The van der Waals surface area contributed by atoms with E-state index in [4.69, 9.17) is 4.74 Å². The van der Waals surface area contributed by atoms with Crippen LogP contribution in [0, 0.1) is 0 Å². The van der Waals surface area contributed by atoms with E-state index in [0.29, 0.717) is 12.6 Å². The van der Waals surface area contributed by atoms with Crippen molar-refractivity contribution < 1.29 is 14.6 Å². The predicted octanol–water partition coefficient (Wildman–Crippen LogP) is 3.68. The third-order valence-corrected chi connectivity index (χ3v) is 4.76. The first-order chi connectivity index (χ1) is 11.2. The Balaban J connectivity index is 1.97. The van der Waals surface area contributed by atoms with E-state index in [0.717, 1.165) is 34.9 Å². The van der Waals surface area contributed by atoms with Crippen LogP contribution in [-0.2, 0) is 11.3 Å². The fraction of sp³-hybridized carbons (Fsp3) is 0.421. The fourth-order valence-corrected chi connectivity index (χ4v) is 3.63. The van der Waals surface area contributed by atoms with E-state index in [9.17, 15) is 9.90 Å². The van der Waals surface area contributed by atoms with Crippen LogP contribution in [-0.4, -0.2) is 35.7 Å². The standard InChI is InChI=1S/C19H23NO3/c1-23-18-11-10-14-6-2-5-9-16(14)17(18)12-20(13-19(21)22)15-7-3-4-8-15/h2,5-6,9-11,15H,3-4,7-8,12-13H2,1H3,(H,21,22). The van der Waals surface area contributed by atoms with Crippen LogP contribution >= 0.6 is 0 Å². The van der Waals surface area contributed by atoms with Gasteiger partial charge in [-0.05, 0) is 29.7 Å². The number of benzene rings is 2. The highest BCUT2D eigenvalue weighted by molar-refractivity contribution is 5.87. The van der Waals surface area contributed by atoms with Gasteiger partial charge in [-0.3, -0.25) is 9.69 Å². The second-order valence-corrected chi connectivity index (χ2v) is 6.20. The molecule has 0 saturated heterocycles. The van der Waals surface area contributed by atoms with Crippen molar-refractivity contribution in [3.05, 3.63) is 42.0 Å². The van der Waals surface area contributed by atoms with E-state index in [1.54, 1.807) is 7.11 Å². The molecule has 2 aromatic rings. The van der Waals surface area contributed by atoms with E-state index in [1.165, 1.54) is 12.8 Å². The summed E-state index contributed by atoms with van der Waals surface area (Å²) in [5.74, 6) is 0.0631. The number of carboxylic acid groups (broad SMARTS) is 1. The highest BCUT2D eigenvalue weighted by Gasteiger charge is 2.25. The van der Waals surface area contributed by atoms with Gasteiger partial charge in [0, 0.05) is 18.2 Å². The molecule has 1 saturated carbocycles. The van der Waals surface area contributed by atoms with Gasteiger partial charge < -0.3 is 9.84 Å². The molecule has 0 heterocycles. The number of nitrogens with zero attached hydrogens (tertiary/aromatic N) is 1. The van der Waals surface area contributed by atoms with Gasteiger partial charge in [0.05, 0.1) is 13.7 Å². The molecule has 0 radical (unpaired) electrons. The summed E-state index contributed by atoms with van der Waals surface area (Å²) in [6.45, 7) is 0.693. The van der Waals surface area contributed by atoms with Crippen LogP contribution in [0.3, 0.4) is 0 Å². The predicted molar refractivity (Wildman–Crippen MR) is 90.8 cm³/mol. The zero-order chi connectivity index (χ0) is 16.2. The van der Waals surface area contributed by atoms with E-state index in [-0.39, 0.29) is 6.54 Å². The molecule has 1 fully saturated rings. The number of carbonyl (C=O) groups is 1. The van der Waals surface area contributed by atoms with Gasteiger partial charge in [-0.2, -0.15) is 0 Å². The third-order valence-electron chi connectivity index (χ3n) is 4.76. The second kappa shape index (κ2) is 7.01. The van der Waals surface area contributed by atoms with Gasteiger partial charge >= 0.3 is 5.97 Å². The lowest BCUT2D eigenvalue weighted by Gasteiger charge is -2.28. The Kier molecular flexibility index (Phi) is 4.82. The Morgan fingerprint density at radius 1 is 1.22 bits per heavy atom. The summed E-state index contributed by atoms with van der Waals surface area (Å²) in [4.78, 5) is 13.4. The summed E-state index contributed by atoms with van der Waals surface area (Å²) in [6, 6.07) is 12.6. The molecule has 3 rings (SSSR count). The largest absolute Gasteiger partial charge is 0.496 e. The molecule has 0 aliphatic heterocycles. The van der Waals surface area contributed by atoms with Crippen molar-refractivity contribution in [2.24, 2.45) is 0 Å². The lowest BCUT2D eigenvalue weighted by molar-refractivity contribution is -0.139. The Labute approximate surface area is 136 Å². The first kappa shape index (κ1) is 15.8. The minimum absolute atomic E-state index is 0.0804. The molecule has 4 nitrogen and oxygen atoms in total. The third kappa shape index (κ3) is 3.48. The van der Waals surface area contributed by atoms with Crippen LogP contribution in [0.4, 0.5) is 0 Å². The molecule has 1 aliphatic carbocycles. The van der Waals surface area contributed by atoms with Crippen LogP contribution < -0.4 is 4.74 Å². The number of aliphatic carboxylic acids is 1. The lowest BCUT2D eigenvalue weighted by Crippen LogP contribution is -2.37. The first-order valence-corrected chi connectivity index (χ1v) is 8.19. The average Bonchev–Trinajstić information content (AvgIpc) is 3.08. The molecule has 0 spiro atoms. The Hall–Kier alpha value is -2.07. The summed E-state index contributed by atoms with van der Waals surface area (Å²) in [7, 11) is 1.67. The van der Waals surface area contributed by atoms with Gasteiger partial charge in [0.15, 0.2) is 0 Å². The maximum absolute atomic E-state index is 11.3. The Morgan fingerprint density at radius 3 is 2.65 bits per heavy atom. The van der Waals surface area contributed by atoms with Gasteiger partial charge in [0.1, 0.15) is 5.75 Å². The second-order valence-electron chi connectivity index (χ2n) is 6.20. The number of rotatable bonds is 6. The molecule has 0 bridgehead atoms. The van der Waals surface area contributed by atoms with E-state index in [1.807, 2.05) is 18.2 Å². The van der Waals surface area contributed by atoms with E-state index >= 15 is 0 Å². The summed E-state index contributed by atoms with van der Waals surface area (Å²) in [5.41, 5.74) is 1.08. The Bertz CT molecular complexity index is 692. The van der Waals surface area contributed by atoms with Crippen molar-refractivity contribution in [3.63, 3.8) is 0 Å². The van der Waals surface area contributed by atoms with Crippen LogP contribution in [0.5, 0.6) is 5.75 Å². The molecule has 122 valence electrons. The summed E-state index contributed by atoms with van der Waals surface area (Å²) >= 11 is 0. The fourth-order valence-electron chi connectivity index (χ4n) is 3.63. The van der Waals surface area contributed by atoms with Gasteiger partial charge in [-0.1, -0.05) is 43.2 Å². The van der Waals surface area contributed by atoms with Gasteiger partial charge in [0.25, 0.3) is 0 Å². The highest BCUT2D eigenvalue weighted by Crippen LogP contribution is 2.32. The maximum atomic E-state index is 11.3. The number of hydrogen-bond acceptors (Lipinski definition) is 3. The molecule has 4 heteroatoms. The topological polar surface area (TPSA) is 49.8 Å². The average molecular weight is 313 g/mol. The van der Waals surface area contributed by atoms with Crippen molar-refractivity contribution in [2.75, 3.05) is 13.7 Å². The first-order valence-electron chi connectivity index (χ1n) is 8.19. The number of fused-ring (bicyclic) bond motifs is 1. The molecule has 23 heavy (non-hydrogen) atoms. The van der Waals surface area contributed by atoms with Crippen LogP contribution in [0.15, 0.2) is 36.4 Å². The maximum Gasteiger partial charge on any atom is 0.317 e. The monoisotopic (exact) mass is 313 g/mol. The summed E-state index contributed by atoms with van der Waals surface area (Å²) in [5, 5.41) is 11.6.